The number of hydrogen-bond donors (Lipinski definition) is 1. The Labute approximate surface area is 542 Å². The van der Waals surface area contributed by atoms with Crippen LogP contribution in [0.15, 0.2) is 12.2 Å². The summed E-state index contributed by atoms with van der Waals surface area (Å²) < 4.78 is 23.0. The number of hydrogen-bond acceptors (Lipinski definition) is 7. The number of nitrogens with zero attached hydrogens (tertiary/aromatic N) is 1. The topological polar surface area (TPSA) is 108 Å². The number of aliphatic carboxylic acids is 1. The minimum Gasteiger partial charge on any atom is -0.477 e. The number of ether oxygens (including phenoxy) is 4. The largest absolute Gasteiger partial charge is 0.477 e. The van der Waals surface area contributed by atoms with Crippen LogP contribution < -0.4 is 0 Å². The first-order valence-electron chi connectivity index (χ1n) is 38.9. The smallest absolute Gasteiger partial charge is 0.361 e. The van der Waals surface area contributed by atoms with Gasteiger partial charge in [-0.3, -0.25) is 9.59 Å². The van der Waals surface area contributed by atoms with E-state index in [-0.39, 0.29) is 38.2 Å². The molecule has 0 fully saturated rings. The van der Waals surface area contributed by atoms with Crippen LogP contribution in [0.1, 0.15) is 412 Å². The second-order valence-electron chi connectivity index (χ2n) is 28.0. The van der Waals surface area contributed by atoms with Crippen LogP contribution in [0.3, 0.4) is 0 Å². The summed E-state index contributed by atoms with van der Waals surface area (Å²) >= 11 is 0. The number of likely N-dealkylation sites (N-methyl/N-ethyl adjacent to an activating group) is 1. The van der Waals surface area contributed by atoms with Crippen LogP contribution in [0.25, 0.3) is 0 Å². The number of rotatable bonds is 74. The Balaban J connectivity index is 3.92. The standard InChI is InChI=1S/C78H151NO8/c1-6-8-10-12-14-16-18-20-22-24-26-28-30-31-32-33-34-35-36-37-38-39-40-41-42-43-44-45-47-48-50-52-54-56-58-60-62-64-66-68-75(80)85-72-74(73-86-78(77(82)83)84-71-70-79(3,4)5)87-76(81)69-67-65-63-61-59-57-55-53-51-49-46-29-27-25-23-21-19-17-15-13-11-9-7-2/h25,27,74,78H,6-24,26,28-73H2,1-5H3/p+1/b27-25-. The predicted octanol–water partition coefficient (Wildman–Crippen LogP) is 24.4. The van der Waals surface area contributed by atoms with E-state index in [2.05, 4.69) is 26.0 Å². The minimum absolute atomic E-state index is 0.175. The number of carboxylic acid groups (broad SMARTS) is 1. The van der Waals surface area contributed by atoms with Crippen molar-refractivity contribution < 1.29 is 42.9 Å². The molecule has 0 aromatic rings. The summed E-state index contributed by atoms with van der Waals surface area (Å²) in [4.78, 5) is 37.7. The highest BCUT2D eigenvalue weighted by molar-refractivity contribution is 5.71. The molecule has 87 heavy (non-hydrogen) atoms. The van der Waals surface area contributed by atoms with E-state index in [1.54, 1.807) is 0 Å². The summed E-state index contributed by atoms with van der Waals surface area (Å²) in [5.74, 6) is -1.97. The van der Waals surface area contributed by atoms with Crippen molar-refractivity contribution >= 4 is 17.9 Å². The number of esters is 2. The molecule has 9 heteroatoms. The van der Waals surface area contributed by atoms with Crippen LogP contribution in [0.5, 0.6) is 0 Å². The van der Waals surface area contributed by atoms with Crippen molar-refractivity contribution in [3.63, 3.8) is 0 Å². The van der Waals surface area contributed by atoms with Crippen molar-refractivity contribution in [1.82, 2.24) is 0 Å². The van der Waals surface area contributed by atoms with Crippen molar-refractivity contribution in [2.24, 2.45) is 0 Å². The van der Waals surface area contributed by atoms with Gasteiger partial charge in [-0.1, -0.05) is 373 Å². The van der Waals surface area contributed by atoms with Crippen LogP contribution in [-0.4, -0.2) is 87.4 Å². The maximum Gasteiger partial charge on any atom is 0.361 e. The monoisotopic (exact) mass is 1230 g/mol. The number of quaternary nitrogens is 1. The molecule has 0 radical (unpaired) electrons. The maximum atomic E-state index is 12.9. The molecule has 9 nitrogen and oxygen atoms in total. The van der Waals surface area contributed by atoms with Gasteiger partial charge in [-0.05, 0) is 38.5 Å². The maximum absolute atomic E-state index is 12.9. The first-order chi connectivity index (χ1) is 42.6. The molecule has 0 spiro atoms. The van der Waals surface area contributed by atoms with E-state index in [1.807, 2.05) is 21.1 Å². The van der Waals surface area contributed by atoms with Gasteiger partial charge in [0.25, 0.3) is 6.29 Å². The van der Waals surface area contributed by atoms with Crippen LogP contribution in [0.4, 0.5) is 0 Å². The summed E-state index contributed by atoms with van der Waals surface area (Å²) in [7, 11) is 6.00. The molecule has 516 valence electrons. The molecule has 0 rings (SSSR count). The molecule has 0 aromatic heterocycles. The van der Waals surface area contributed by atoms with Crippen LogP contribution in [0.2, 0.25) is 0 Å². The van der Waals surface area contributed by atoms with Gasteiger partial charge < -0.3 is 28.5 Å². The van der Waals surface area contributed by atoms with Crippen LogP contribution in [-0.2, 0) is 33.3 Å². The molecule has 2 unspecified atom stereocenters. The highest BCUT2D eigenvalue weighted by Crippen LogP contribution is 2.20. The van der Waals surface area contributed by atoms with Gasteiger partial charge in [-0.2, -0.15) is 0 Å². The average Bonchev–Trinajstić information content (AvgIpc) is 3.50. The molecule has 0 aliphatic heterocycles. The van der Waals surface area contributed by atoms with E-state index in [4.69, 9.17) is 18.9 Å². The van der Waals surface area contributed by atoms with Crippen molar-refractivity contribution in [1.29, 1.82) is 0 Å². The lowest BCUT2D eigenvalue weighted by atomic mass is 10.0. The second kappa shape index (κ2) is 69.9. The zero-order valence-electron chi connectivity index (χ0n) is 59.2. The lowest BCUT2D eigenvalue weighted by Crippen LogP contribution is -2.40. The normalized spacial score (nSPS) is 12.6. The zero-order valence-corrected chi connectivity index (χ0v) is 59.2. The summed E-state index contributed by atoms with van der Waals surface area (Å²) in [5.41, 5.74) is 0. The number of carbonyl (C=O) groups excluding carboxylic acids is 2. The highest BCUT2D eigenvalue weighted by Gasteiger charge is 2.25. The van der Waals surface area contributed by atoms with E-state index < -0.39 is 18.4 Å². The molecule has 0 saturated heterocycles. The van der Waals surface area contributed by atoms with Gasteiger partial charge in [0.05, 0.1) is 34.4 Å². The average molecular weight is 1230 g/mol. The quantitative estimate of drug-likeness (QED) is 0.0211. The number of carboxylic acids is 1. The highest BCUT2D eigenvalue weighted by atomic mass is 16.7. The van der Waals surface area contributed by atoms with E-state index >= 15 is 0 Å². The molecule has 0 heterocycles. The molecule has 1 N–H and O–H groups in total. The predicted molar refractivity (Wildman–Crippen MR) is 374 cm³/mol. The molecule has 0 bridgehead atoms. The van der Waals surface area contributed by atoms with Crippen molar-refractivity contribution in [2.75, 3.05) is 47.5 Å². The van der Waals surface area contributed by atoms with Gasteiger partial charge in [0.1, 0.15) is 13.2 Å². The summed E-state index contributed by atoms with van der Waals surface area (Å²) in [5, 5.41) is 9.75. The Bertz CT molecular complexity index is 1430. The van der Waals surface area contributed by atoms with Crippen LogP contribution >= 0.6 is 0 Å². The molecule has 0 aromatic carbocycles. The molecular formula is C78H152NO8+. The van der Waals surface area contributed by atoms with Crippen molar-refractivity contribution in [3.8, 4) is 0 Å². The van der Waals surface area contributed by atoms with E-state index in [0.717, 1.165) is 38.5 Å². The fourth-order valence-corrected chi connectivity index (χ4v) is 12.1. The SMILES string of the molecule is CCCCCCCCCC/C=C\CCCCCCCCCCCCCC(=O)OC(COC(=O)CCCCCCCCCCCCCCCCCCCCCCCCCCCCCCCCCCCCCCCCC)COC(OCC[N+](C)(C)C)C(=O)O. The van der Waals surface area contributed by atoms with Gasteiger partial charge >= 0.3 is 17.9 Å². The van der Waals surface area contributed by atoms with Gasteiger partial charge in [0, 0.05) is 12.8 Å². The lowest BCUT2D eigenvalue weighted by Gasteiger charge is -2.25. The molecule has 0 amide bonds. The number of unbranched alkanes of at least 4 members (excludes halogenated alkanes) is 57. The molecule has 0 saturated carbocycles. The third-order valence-electron chi connectivity index (χ3n) is 18.0. The molecule has 2 atom stereocenters. The van der Waals surface area contributed by atoms with E-state index in [1.165, 1.54) is 347 Å². The fraction of sp³-hybridized carbons (Fsp3) is 0.936. The van der Waals surface area contributed by atoms with Crippen LogP contribution in [0, 0.1) is 0 Å². The molecule has 0 aliphatic carbocycles. The number of carbonyl (C=O) groups is 3. The Hall–Kier alpha value is -1.97. The third kappa shape index (κ3) is 71.3. The summed E-state index contributed by atoms with van der Waals surface area (Å²) in [6.07, 6.45) is 83.7. The zero-order chi connectivity index (χ0) is 63.3. The Kier molecular flexibility index (Phi) is 68.3. The Morgan fingerprint density at radius 1 is 0.333 bits per heavy atom. The Morgan fingerprint density at radius 2 is 0.586 bits per heavy atom. The van der Waals surface area contributed by atoms with Crippen molar-refractivity contribution in [2.45, 2.75) is 424 Å². The molecule has 0 aliphatic rings. The minimum atomic E-state index is -1.51. The third-order valence-corrected chi connectivity index (χ3v) is 18.0. The van der Waals surface area contributed by atoms with Gasteiger partial charge in [-0.15, -0.1) is 0 Å². The van der Waals surface area contributed by atoms with E-state index in [0.29, 0.717) is 17.4 Å². The summed E-state index contributed by atoms with van der Waals surface area (Å²) in [6.45, 7) is 4.96. The first kappa shape index (κ1) is 85.0. The van der Waals surface area contributed by atoms with E-state index in [9.17, 15) is 19.5 Å². The lowest BCUT2D eigenvalue weighted by molar-refractivity contribution is -0.870. The summed E-state index contributed by atoms with van der Waals surface area (Å²) in [6, 6.07) is 0. The van der Waals surface area contributed by atoms with Gasteiger partial charge in [0.15, 0.2) is 6.10 Å². The molecular weight excluding hydrogens is 1080 g/mol. The second-order valence-corrected chi connectivity index (χ2v) is 28.0. The fourth-order valence-electron chi connectivity index (χ4n) is 12.1. The Morgan fingerprint density at radius 3 is 0.851 bits per heavy atom. The number of allylic oxidation sites excluding steroid dienone is 2. The van der Waals surface area contributed by atoms with Gasteiger partial charge in [0.2, 0.25) is 0 Å². The van der Waals surface area contributed by atoms with Crippen molar-refractivity contribution in [3.05, 3.63) is 12.2 Å². The first-order valence-corrected chi connectivity index (χ1v) is 38.9. The van der Waals surface area contributed by atoms with Gasteiger partial charge in [-0.25, -0.2) is 4.79 Å².